The molecule has 2 N–H and O–H groups in total. The van der Waals surface area contributed by atoms with Gasteiger partial charge in [-0.25, -0.2) is 4.79 Å². The number of anilines is 2. The van der Waals surface area contributed by atoms with Crippen LogP contribution < -0.4 is 9.91 Å². The second kappa shape index (κ2) is 10.9. The molecule has 198 valence electrons. The molecule has 2 aliphatic rings. The highest BCUT2D eigenvalue weighted by atomic mass is 16.4. The van der Waals surface area contributed by atoms with E-state index in [0.29, 0.717) is 17.3 Å². The molecule has 0 saturated carbocycles. The number of nitrogens with zero attached hydrogens (tertiary/aromatic N) is 4. The summed E-state index contributed by atoms with van der Waals surface area (Å²) in [4.78, 5) is 52.9. The monoisotopic (exact) mass is 518 g/mol. The van der Waals surface area contributed by atoms with Gasteiger partial charge in [0.15, 0.2) is 5.84 Å². The predicted molar refractivity (Wildman–Crippen MR) is 143 cm³/mol. The summed E-state index contributed by atoms with van der Waals surface area (Å²) >= 11 is 0. The number of carboxylic acids is 2. The van der Waals surface area contributed by atoms with Crippen molar-refractivity contribution in [3.8, 4) is 0 Å². The van der Waals surface area contributed by atoms with E-state index in [4.69, 9.17) is 5.11 Å². The van der Waals surface area contributed by atoms with E-state index in [9.17, 15) is 24.3 Å². The number of hydrogen-bond donors (Lipinski definition) is 2. The molecule has 0 spiro atoms. The number of amidine groups is 1. The van der Waals surface area contributed by atoms with Crippen LogP contribution in [-0.4, -0.2) is 63.8 Å². The molecule has 0 bridgehead atoms. The highest BCUT2D eigenvalue weighted by Gasteiger charge is 2.47. The van der Waals surface area contributed by atoms with Gasteiger partial charge in [-0.05, 0) is 61.7 Å². The Morgan fingerprint density at radius 3 is 2.16 bits per heavy atom. The Kier molecular flexibility index (Phi) is 7.61. The maximum atomic E-state index is 13.5. The maximum Gasteiger partial charge on any atom is 0.335 e. The zero-order chi connectivity index (χ0) is 27.6. The van der Waals surface area contributed by atoms with Crippen molar-refractivity contribution in [2.75, 3.05) is 23.0 Å². The van der Waals surface area contributed by atoms with Crippen LogP contribution in [0, 0.1) is 0 Å². The van der Waals surface area contributed by atoms with Gasteiger partial charge >= 0.3 is 11.9 Å². The van der Waals surface area contributed by atoms with Crippen LogP contribution in [0.1, 0.15) is 56.0 Å². The number of fused-ring (bicyclic) bond motifs is 1. The van der Waals surface area contributed by atoms with Gasteiger partial charge in [0.25, 0.3) is 11.8 Å². The van der Waals surface area contributed by atoms with Gasteiger partial charge in [0.2, 0.25) is 0 Å². The standard InChI is InChI=1S/C28H30N4O6/c1-4-6-15-30(17(3)5-2)20-11-7-18(8-12-20)23-24-25(31(26(23)35)16-22(33)34)29-32(27(24)36)21-13-9-19(10-14-21)28(37)38/h7-14,17H,4-6,15-16H2,1-3H3,(H,33,34)(H,37,38). The number of hydrazone groups is 1. The lowest BCUT2D eigenvalue weighted by Gasteiger charge is -2.31. The molecule has 2 heterocycles. The van der Waals surface area contributed by atoms with E-state index >= 15 is 0 Å². The summed E-state index contributed by atoms with van der Waals surface area (Å²) < 4.78 is 0. The Balaban J connectivity index is 1.73. The van der Waals surface area contributed by atoms with Gasteiger partial charge in [-0.3, -0.25) is 19.3 Å². The SMILES string of the molecule is CCCCN(c1ccc(C2=C3C(=O)N(c4ccc(C(=O)O)cc4)N=C3N(CC(=O)O)C2=O)cc1)C(C)CC. The van der Waals surface area contributed by atoms with Crippen molar-refractivity contribution < 1.29 is 29.4 Å². The first-order valence-electron chi connectivity index (χ1n) is 12.6. The molecule has 10 heteroatoms. The van der Waals surface area contributed by atoms with Crippen LogP contribution >= 0.6 is 0 Å². The third kappa shape index (κ3) is 4.89. The minimum absolute atomic E-state index is 0.0241. The molecule has 0 saturated heterocycles. The summed E-state index contributed by atoms with van der Waals surface area (Å²) in [6.45, 7) is 6.68. The molecule has 0 radical (unpaired) electrons. The summed E-state index contributed by atoms with van der Waals surface area (Å²) in [5.41, 5.74) is 1.95. The van der Waals surface area contributed by atoms with Crippen molar-refractivity contribution in [3.05, 3.63) is 65.2 Å². The van der Waals surface area contributed by atoms with E-state index in [1.54, 1.807) is 12.1 Å². The van der Waals surface area contributed by atoms with Crippen LogP contribution in [0.2, 0.25) is 0 Å². The van der Waals surface area contributed by atoms with Crippen molar-refractivity contribution in [2.24, 2.45) is 5.10 Å². The third-order valence-corrected chi connectivity index (χ3v) is 6.80. The van der Waals surface area contributed by atoms with E-state index in [1.807, 2.05) is 12.1 Å². The molecular formula is C28H30N4O6. The number of unbranched alkanes of at least 4 members (excludes halogenated alkanes) is 1. The number of aromatic carboxylic acids is 1. The Morgan fingerprint density at radius 2 is 1.61 bits per heavy atom. The minimum Gasteiger partial charge on any atom is -0.480 e. The molecule has 0 fully saturated rings. The number of rotatable bonds is 11. The molecule has 10 nitrogen and oxygen atoms in total. The smallest absolute Gasteiger partial charge is 0.335 e. The minimum atomic E-state index is -1.24. The van der Waals surface area contributed by atoms with E-state index in [1.165, 1.54) is 24.3 Å². The number of aliphatic carboxylic acids is 1. The van der Waals surface area contributed by atoms with Crippen LogP contribution in [0.15, 0.2) is 59.2 Å². The normalized spacial score (nSPS) is 15.6. The van der Waals surface area contributed by atoms with Gasteiger partial charge < -0.3 is 15.1 Å². The van der Waals surface area contributed by atoms with Crippen LogP contribution in [-0.2, 0) is 14.4 Å². The first-order valence-corrected chi connectivity index (χ1v) is 12.6. The number of amides is 2. The van der Waals surface area contributed by atoms with Crippen molar-refractivity contribution in [2.45, 2.75) is 46.1 Å². The lowest BCUT2D eigenvalue weighted by Crippen LogP contribution is -2.36. The van der Waals surface area contributed by atoms with Gasteiger partial charge in [0.05, 0.1) is 22.4 Å². The molecular weight excluding hydrogens is 488 g/mol. The second-order valence-corrected chi connectivity index (χ2v) is 9.28. The molecule has 0 aromatic heterocycles. The fourth-order valence-electron chi connectivity index (χ4n) is 4.58. The molecule has 1 unspecified atom stereocenters. The Labute approximate surface area is 220 Å². The third-order valence-electron chi connectivity index (χ3n) is 6.80. The average Bonchev–Trinajstić information content (AvgIpc) is 3.37. The highest BCUT2D eigenvalue weighted by molar-refractivity contribution is 6.48. The molecule has 4 rings (SSSR count). The van der Waals surface area contributed by atoms with E-state index in [2.05, 4.69) is 30.8 Å². The van der Waals surface area contributed by atoms with Crippen molar-refractivity contribution >= 4 is 46.5 Å². The van der Waals surface area contributed by atoms with Crippen molar-refractivity contribution in [1.82, 2.24) is 4.90 Å². The summed E-state index contributed by atoms with van der Waals surface area (Å²) in [5.74, 6) is -3.58. The number of carbonyl (C=O) groups excluding carboxylic acids is 2. The summed E-state index contributed by atoms with van der Waals surface area (Å²) in [7, 11) is 0. The number of carbonyl (C=O) groups is 4. The molecule has 1 atom stereocenters. The van der Waals surface area contributed by atoms with Gasteiger partial charge in [-0.2, -0.15) is 5.01 Å². The Bertz CT molecular complexity index is 1330. The van der Waals surface area contributed by atoms with Crippen LogP contribution in [0.3, 0.4) is 0 Å². The zero-order valence-corrected chi connectivity index (χ0v) is 21.5. The van der Waals surface area contributed by atoms with Crippen LogP contribution in [0.4, 0.5) is 11.4 Å². The number of carboxylic acid groups (broad SMARTS) is 2. The van der Waals surface area contributed by atoms with E-state index < -0.39 is 30.3 Å². The average molecular weight is 519 g/mol. The molecule has 2 aromatic carbocycles. The van der Waals surface area contributed by atoms with Gasteiger partial charge in [-0.15, -0.1) is 5.10 Å². The lowest BCUT2D eigenvalue weighted by atomic mass is 10.00. The summed E-state index contributed by atoms with van der Waals surface area (Å²) in [6, 6.07) is 13.3. The quantitative estimate of drug-likeness (QED) is 0.462. The predicted octanol–water partition coefficient (Wildman–Crippen LogP) is 3.83. The summed E-state index contributed by atoms with van der Waals surface area (Å²) in [6.07, 6.45) is 3.08. The van der Waals surface area contributed by atoms with Crippen LogP contribution in [0.5, 0.6) is 0 Å². The number of hydrogen-bond acceptors (Lipinski definition) is 6. The topological polar surface area (TPSA) is 131 Å². The van der Waals surface area contributed by atoms with E-state index in [0.717, 1.165) is 41.4 Å². The zero-order valence-electron chi connectivity index (χ0n) is 21.5. The molecule has 2 amide bonds. The lowest BCUT2D eigenvalue weighted by molar-refractivity contribution is -0.140. The maximum absolute atomic E-state index is 13.5. The van der Waals surface area contributed by atoms with E-state index in [-0.39, 0.29) is 22.5 Å². The molecule has 2 aliphatic heterocycles. The molecule has 0 aliphatic carbocycles. The van der Waals surface area contributed by atoms with Gasteiger partial charge in [0, 0.05) is 18.3 Å². The first kappa shape index (κ1) is 26.6. The Hall–Kier alpha value is -4.47. The fraction of sp³-hybridized carbons (Fsp3) is 0.321. The summed E-state index contributed by atoms with van der Waals surface area (Å²) in [5, 5.41) is 23.9. The second-order valence-electron chi connectivity index (χ2n) is 9.28. The largest absolute Gasteiger partial charge is 0.480 e. The van der Waals surface area contributed by atoms with Gasteiger partial charge in [0.1, 0.15) is 6.54 Å². The fourth-order valence-corrected chi connectivity index (χ4v) is 4.58. The highest BCUT2D eigenvalue weighted by Crippen LogP contribution is 2.37. The van der Waals surface area contributed by atoms with Gasteiger partial charge in [-0.1, -0.05) is 32.4 Å². The van der Waals surface area contributed by atoms with Crippen molar-refractivity contribution in [3.63, 3.8) is 0 Å². The van der Waals surface area contributed by atoms with Crippen LogP contribution in [0.25, 0.3) is 5.57 Å². The molecule has 2 aromatic rings. The number of benzene rings is 2. The molecule has 38 heavy (non-hydrogen) atoms. The first-order chi connectivity index (χ1) is 18.2. The van der Waals surface area contributed by atoms with Crippen molar-refractivity contribution in [1.29, 1.82) is 0 Å². The Morgan fingerprint density at radius 1 is 0.947 bits per heavy atom.